The predicted molar refractivity (Wildman–Crippen MR) is 168 cm³/mol. The molecule has 0 nitrogen and oxygen atoms in total. The summed E-state index contributed by atoms with van der Waals surface area (Å²) in [7, 11) is -7.18. The minimum Gasteiger partial charge on any atom is -0.291 e. The summed E-state index contributed by atoms with van der Waals surface area (Å²) in [4.78, 5) is 0. The molecule has 210 valence electrons. The number of halogens is 2. The van der Waals surface area contributed by atoms with Gasteiger partial charge in [0.1, 0.15) is 0 Å². The van der Waals surface area contributed by atoms with Gasteiger partial charge in [0.15, 0.2) is 0 Å². The SMILES string of the molecule is CCCCCCCCCC[Si](F)(C#C[Si](F)(CCCCCCCCCC)c1ccccc1)c1ccccc1. The van der Waals surface area contributed by atoms with Gasteiger partial charge in [0.05, 0.1) is 0 Å². The zero-order chi connectivity index (χ0) is 27.4. The lowest BCUT2D eigenvalue weighted by Crippen LogP contribution is -2.46. The van der Waals surface area contributed by atoms with E-state index in [1.165, 1.54) is 64.2 Å². The summed E-state index contributed by atoms with van der Waals surface area (Å²) in [5.74, 6) is 0. The van der Waals surface area contributed by atoms with Gasteiger partial charge in [-0.15, -0.1) is 0 Å². The van der Waals surface area contributed by atoms with Crippen LogP contribution in [0.25, 0.3) is 0 Å². The molecule has 0 radical (unpaired) electrons. The number of unbranched alkanes of at least 4 members (excludes halogenated alkanes) is 14. The van der Waals surface area contributed by atoms with E-state index in [1.54, 1.807) is 0 Å². The normalized spacial score (nSPS) is 14.3. The van der Waals surface area contributed by atoms with Gasteiger partial charge in [0.25, 0.3) is 0 Å². The molecule has 4 heteroatoms. The van der Waals surface area contributed by atoms with E-state index >= 15 is 8.22 Å². The highest BCUT2D eigenvalue weighted by Gasteiger charge is 2.38. The molecule has 2 atom stereocenters. The van der Waals surface area contributed by atoms with Crippen LogP contribution in [0, 0.1) is 11.1 Å². The van der Waals surface area contributed by atoms with Crippen LogP contribution in [0.15, 0.2) is 60.7 Å². The molecular formula is C34H52F2Si2. The van der Waals surface area contributed by atoms with Crippen LogP contribution in [0.4, 0.5) is 8.22 Å². The highest BCUT2D eigenvalue weighted by Crippen LogP contribution is 2.21. The Morgan fingerprint density at radius 1 is 0.447 bits per heavy atom. The quantitative estimate of drug-likeness (QED) is 0.0661. The summed E-state index contributed by atoms with van der Waals surface area (Å²) in [6.07, 6.45) is 18.8. The van der Waals surface area contributed by atoms with E-state index in [-0.39, 0.29) is 0 Å². The van der Waals surface area contributed by atoms with Crippen molar-refractivity contribution in [3.63, 3.8) is 0 Å². The first-order chi connectivity index (χ1) is 18.5. The first-order valence-electron chi connectivity index (χ1n) is 15.6. The van der Waals surface area contributed by atoms with Crippen molar-refractivity contribution < 1.29 is 8.22 Å². The van der Waals surface area contributed by atoms with Crippen LogP contribution >= 0.6 is 0 Å². The fraction of sp³-hybridized carbons (Fsp3) is 0.588. The summed E-state index contributed by atoms with van der Waals surface area (Å²) in [6.45, 7) is 4.47. The zero-order valence-electron chi connectivity index (χ0n) is 24.3. The molecule has 0 saturated heterocycles. The third-order valence-electron chi connectivity index (χ3n) is 7.67. The van der Waals surface area contributed by atoms with E-state index in [2.05, 4.69) is 24.9 Å². The molecule has 0 bridgehead atoms. The van der Waals surface area contributed by atoms with E-state index in [0.717, 1.165) is 38.5 Å². The minimum atomic E-state index is -3.59. The molecule has 0 aromatic heterocycles. The van der Waals surface area contributed by atoms with Crippen molar-refractivity contribution in [2.24, 2.45) is 0 Å². The van der Waals surface area contributed by atoms with Crippen LogP contribution in [0.1, 0.15) is 117 Å². The van der Waals surface area contributed by atoms with Crippen LogP contribution in [0.3, 0.4) is 0 Å². The summed E-state index contributed by atoms with van der Waals surface area (Å²) in [5, 5.41) is 1.40. The van der Waals surface area contributed by atoms with E-state index < -0.39 is 16.8 Å². The van der Waals surface area contributed by atoms with E-state index in [1.807, 2.05) is 60.7 Å². The Hall–Kier alpha value is -1.71. The van der Waals surface area contributed by atoms with Gasteiger partial charge >= 0.3 is 16.8 Å². The summed E-state index contributed by atoms with van der Waals surface area (Å²) in [5.41, 5.74) is 6.11. The molecule has 0 heterocycles. The number of hydrogen-bond acceptors (Lipinski definition) is 0. The average Bonchev–Trinajstić information content (AvgIpc) is 2.96. The first-order valence-corrected chi connectivity index (χ1v) is 19.7. The van der Waals surface area contributed by atoms with Crippen LogP contribution in [-0.4, -0.2) is 16.8 Å². The lowest BCUT2D eigenvalue weighted by molar-refractivity contribution is 0.581. The minimum absolute atomic E-state index is 0.468. The maximum Gasteiger partial charge on any atom is 0.353 e. The van der Waals surface area contributed by atoms with Crippen molar-refractivity contribution in [1.29, 1.82) is 0 Å². The number of hydrogen-bond donors (Lipinski definition) is 0. The van der Waals surface area contributed by atoms with Gasteiger partial charge < -0.3 is 0 Å². The zero-order valence-corrected chi connectivity index (χ0v) is 26.3. The van der Waals surface area contributed by atoms with Crippen LogP contribution < -0.4 is 10.4 Å². The molecule has 0 aliphatic carbocycles. The Balaban J connectivity index is 2.08. The molecule has 2 aromatic rings. The van der Waals surface area contributed by atoms with E-state index in [4.69, 9.17) is 0 Å². The predicted octanol–water partition coefficient (Wildman–Crippen LogP) is 9.99. The third-order valence-corrected chi connectivity index (χ3v) is 13.5. The van der Waals surface area contributed by atoms with Crippen molar-refractivity contribution in [3.8, 4) is 11.1 Å². The molecule has 38 heavy (non-hydrogen) atoms. The Morgan fingerprint density at radius 3 is 1.05 bits per heavy atom. The van der Waals surface area contributed by atoms with Gasteiger partial charge in [0.2, 0.25) is 0 Å². The van der Waals surface area contributed by atoms with Crippen molar-refractivity contribution in [3.05, 3.63) is 60.7 Å². The fourth-order valence-electron chi connectivity index (χ4n) is 5.17. The van der Waals surface area contributed by atoms with Crippen molar-refractivity contribution >= 4 is 27.2 Å². The lowest BCUT2D eigenvalue weighted by Gasteiger charge is -2.20. The summed E-state index contributed by atoms with van der Waals surface area (Å²) in [6, 6.07) is 19.8. The molecule has 0 N–H and O–H groups in total. The Morgan fingerprint density at radius 2 is 0.737 bits per heavy atom. The number of benzene rings is 2. The highest BCUT2D eigenvalue weighted by atomic mass is 28.4. The van der Waals surface area contributed by atoms with Gasteiger partial charge in [-0.3, -0.25) is 8.22 Å². The van der Waals surface area contributed by atoms with E-state index in [0.29, 0.717) is 22.5 Å². The van der Waals surface area contributed by atoms with Crippen LogP contribution in [0.2, 0.25) is 12.1 Å². The molecule has 0 spiro atoms. The Kier molecular flexibility index (Phi) is 16.6. The monoisotopic (exact) mass is 554 g/mol. The molecule has 0 saturated carbocycles. The van der Waals surface area contributed by atoms with Crippen LogP contribution in [0.5, 0.6) is 0 Å². The van der Waals surface area contributed by atoms with Gasteiger partial charge in [-0.05, 0) is 22.5 Å². The molecular weight excluding hydrogens is 503 g/mol. The number of rotatable bonds is 20. The molecule has 0 fully saturated rings. The second-order valence-corrected chi connectivity index (χ2v) is 16.9. The highest BCUT2D eigenvalue weighted by molar-refractivity contribution is 6.97. The maximum atomic E-state index is 16.7. The largest absolute Gasteiger partial charge is 0.353 e. The lowest BCUT2D eigenvalue weighted by atomic mass is 10.1. The molecule has 2 unspecified atom stereocenters. The maximum absolute atomic E-state index is 16.7. The summed E-state index contributed by atoms with van der Waals surface area (Å²) >= 11 is 0. The van der Waals surface area contributed by atoms with Crippen LogP contribution in [-0.2, 0) is 0 Å². The van der Waals surface area contributed by atoms with E-state index in [9.17, 15) is 0 Å². The van der Waals surface area contributed by atoms with Crippen molar-refractivity contribution in [1.82, 2.24) is 0 Å². The summed E-state index contributed by atoms with van der Waals surface area (Å²) < 4.78 is 33.3. The molecule has 0 amide bonds. The second kappa shape index (κ2) is 19.4. The molecule has 0 aliphatic heterocycles. The van der Waals surface area contributed by atoms with Gasteiger partial charge in [0, 0.05) is 0 Å². The third kappa shape index (κ3) is 12.4. The molecule has 2 rings (SSSR count). The Bertz CT molecular complexity index is 835. The Labute approximate surface area is 235 Å². The molecule has 2 aromatic carbocycles. The van der Waals surface area contributed by atoms with Crippen molar-refractivity contribution in [2.45, 2.75) is 129 Å². The molecule has 0 aliphatic rings. The first kappa shape index (κ1) is 32.5. The fourth-order valence-corrected chi connectivity index (χ4v) is 10.8. The smallest absolute Gasteiger partial charge is 0.291 e. The van der Waals surface area contributed by atoms with Gasteiger partial charge in [-0.1, -0.05) is 188 Å². The van der Waals surface area contributed by atoms with Gasteiger partial charge in [-0.25, -0.2) is 0 Å². The van der Waals surface area contributed by atoms with Crippen molar-refractivity contribution in [2.75, 3.05) is 0 Å². The van der Waals surface area contributed by atoms with Gasteiger partial charge in [-0.2, -0.15) is 0 Å². The second-order valence-electron chi connectivity index (χ2n) is 11.0. The topological polar surface area (TPSA) is 0 Å². The average molecular weight is 555 g/mol. The standard InChI is InChI=1S/C34H52F2Si2/c1-3-5-7-9-11-13-15-23-29-37(35,33-25-19-17-20-26-33)31-32-38(36,34-27-21-18-22-28-34)30-24-16-14-12-10-8-6-4-2/h17-22,25-28H,3-16,23-24,29-30H2,1-2H3.